The van der Waals surface area contributed by atoms with E-state index in [-0.39, 0.29) is 11.9 Å². The first-order valence-electron chi connectivity index (χ1n) is 6.74. The number of nitrogen functional groups attached to an aromatic ring is 1. The summed E-state index contributed by atoms with van der Waals surface area (Å²) in [6, 6.07) is 3.69. The monoisotopic (exact) mass is 262 g/mol. The molecular weight excluding hydrogens is 240 g/mol. The largest absolute Gasteiger partial charge is 0.349 e. The molecule has 2 rings (SSSR count). The minimum absolute atomic E-state index is 0.0567. The molecule has 0 radical (unpaired) electrons. The van der Waals surface area contributed by atoms with Crippen LogP contribution in [0.5, 0.6) is 0 Å². The molecule has 1 unspecified atom stereocenters. The summed E-state index contributed by atoms with van der Waals surface area (Å²) in [6.45, 7) is 4.52. The van der Waals surface area contributed by atoms with Gasteiger partial charge in [-0.05, 0) is 36.8 Å². The van der Waals surface area contributed by atoms with Crippen LogP contribution in [-0.4, -0.2) is 16.9 Å². The van der Waals surface area contributed by atoms with Crippen molar-refractivity contribution in [2.75, 3.05) is 5.43 Å². The Morgan fingerprint density at radius 1 is 1.47 bits per heavy atom. The highest BCUT2D eigenvalue weighted by Gasteiger charge is 2.28. The van der Waals surface area contributed by atoms with Gasteiger partial charge in [0, 0.05) is 12.2 Å². The molecule has 1 aromatic rings. The van der Waals surface area contributed by atoms with Crippen molar-refractivity contribution in [3.8, 4) is 0 Å². The van der Waals surface area contributed by atoms with E-state index in [1.807, 2.05) is 0 Å². The number of pyridine rings is 1. The lowest BCUT2D eigenvalue weighted by Crippen LogP contribution is -2.40. The van der Waals surface area contributed by atoms with E-state index >= 15 is 0 Å². The highest BCUT2D eigenvalue weighted by atomic mass is 16.1. The molecule has 0 aromatic carbocycles. The average molecular weight is 262 g/mol. The van der Waals surface area contributed by atoms with Crippen molar-refractivity contribution in [3.05, 3.63) is 23.9 Å². The quantitative estimate of drug-likeness (QED) is 0.575. The first kappa shape index (κ1) is 13.8. The fourth-order valence-corrected chi connectivity index (χ4v) is 2.70. The van der Waals surface area contributed by atoms with Crippen LogP contribution < -0.4 is 16.6 Å². The van der Waals surface area contributed by atoms with Crippen molar-refractivity contribution in [1.29, 1.82) is 0 Å². The SMILES string of the molecule is CC1(C)CCCC(NC(=O)c2ccc(NN)nc2)C1. The highest BCUT2D eigenvalue weighted by Crippen LogP contribution is 2.35. The molecule has 4 N–H and O–H groups in total. The van der Waals surface area contributed by atoms with Crippen molar-refractivity contribution in [2.45, 2.75) is 45.6 Å². The Bertz CT molecular complexity index is 441. The number of nitrogens with one attached hydrogen (secondary N) is 2. The van der Waals surface area contributed by atoms with E-state index in [0.717, 1.165) is 12.8 Å². The second-order valence-corrected chi connectivity index (χ2v) is 6.01. The molecule has 0 saturated heterocycles. The van der Waals surface area contributed by atoms with E-state index in [9.17, 15) is 4.79 Å². The summed E-state index contributed by atoms with van der Waals surface area (Å²) in [5.74, 6) is 5.74. The molecule has 104 valence electrons. The van der Waals surface area contributed by atoms with Gasteiger partial charge < -0.3 is 10.7 Å². The standard InChI is InChI=1S/C14H22N4O/c1-14(2)7-3-4-11(8-14)17-13(19)10-5-6-12(18-15)16-9-10/h5-6,9,11H,3-4,7-8,15H2,1-2H3,(H,16,18)(H,17,19). The van der Waals surface area contributed by atoms with Crippen molar-refractivity contribution in [3.63, 3.8) is 0 Å². The van der Waals surface area contributed by atoms with E-state index in [0.29, 0.717) is 16.8 Å². The Labute approximate surface area is 114 Å². The van der Waals surface area contributed by atoms with Crippen LogP contribution in [0.1, 0.15) is 49.9 Å². The molecule has 1 fully saturated rings. The first-order chi connectivity index (χ1) is 9.00. The van der Waals surface area contributed by atoms with Crippen molar-refractivity contribution < 1.29 is 4.79 Å². The maximum absolute atomic E-state index is 12.1. The number of nitrogens with two attached hydrogens (primary N) is 1. The van der Waals surface area contributed by atoms with Gasteiger partial charge in [-0.1, -0.05) is 20.3 Å². The Hall–Kier alpha value is -1.62. The number of hydrogen-bond acceptors (Lipinski definition) is 4. The van der Waals surface area contributed by atoms with Gasteiger partial charge in [0.05, 0.1) is 5.56 Å². The Morgan fingerprint density at radius 3 is 2.84 bits per heavy atom. The lowest BCUT2D eigenvalue weighted by atomic mass is 9.75. The van der Waals surface area contributed by atoms with Crippen LogP contribution in [0, 0.1) is 5.41 Å². The molecule has 19 heavy (non-hydrogen) atoms. The van der Waals surface area contributed by atoms with Gasteiger partial charge in [0.15, 0.2) is 0 Å². The number of rotatable bonds is 3. The summed E-state index contributed by atoms with van der Waals surface area (Å²) in [5.41, 5.74) is 3.34. The average Bonchev–Trinajstić information content (AvgIpc) is 2.37. The highest BCUT2D eigenvalue weighted by molar-refractivity contribution is 5.94. The van der Waals surface area contributed by atoms with Gasteiger partial charge in [-0.25, -0.2) is 10.8 Å². The van der Waals surface area contributed by atoms with Gasteiger partial charge >= 0.3 is 0 Å². The van der Waals surface area contributed by atoms with Gasteiger partial charge in [-0.3, -0.25) is 4.79 Å². The zero-order valence-electron chi connectivity index (χ0n) is 11.6. The molecular formula is C14H22N4O. The molecule has 1 saturated carbocycles. The van der Waals surface area contributed by atoms with Crippen LogP contribution in [0.3, 0.4) is 0 Å². The Kier molecular flexibility index (Phi) is 4.04. The van der Waals surface area contributed by atoms with Crippen LogP contribution >= 0.6 is 0 Å². The topological polar surface area (TPSA) is 80.0 Å². The summed E-state index contributed by atoms with van der Waals surface area (Å²) in [6.07, 6.45) is 6.04. The van der Waals surface area contributed by atoms with Crippen LogP contribution in [-0.2, 0) is 0 Å². The van der Waals surface area contributed by atoms with Crippen LogP contribution in [0.2, 0.25) is 0 Å². The molecule has 1 aliphatic carbocycles. The van der Waals surface area contributed by atoms with E-state index in [1.54, 1.807) is 18.3 Å². The molecule has 1 aromatic heterocycles. The third kappa shape index (κ3) is 3.67. The number of nitrogens with zero attached hydrogens (tertiary/aromatic N) is 1. The predicted molar refractivity (Wildman–Crippen MR) is 75.6 cm³/mol. The molecule has 0 spiro atoms. The van der Waals surface area contributed by atoms with Gasteiger partial charge in [0.2, 0.25) is 0 Å². The maximum atomic E-state index is 12.1. The Morgan fingerprint density at radius 2 is 2.26 bits per heavy atom. The number of carbonyl (C=O) groups excluding carboxylic acids is 1. The molecule has 1 atom stereocenters. The van der Waals surface area contributed by atoms with Crippen molar-refractivity contribution in [1.82, 2.24) is 10.3 Å². The number of anilines is 1. The summed E-state index contributed by atoms with van der Waals surface area (Å²) >= 11 is 0. The first-order valence-corrected chi connectivity index (χ1v) is 6.74. The number of hydrazine groups is 1. The molecule has 5 nitrogen and oxygen atoms in total. The summed E-state index contributed by atoms with van der Waals surface area (Å²) in [7, 11) is 0. The van der Waals surface area contributed by atoms with Crippen LogP contribution in [0.4, 0.5) is 5.82 Å². The van der Waals surface area contributed by atoms with Gasteiger partial charge in [-0.15, -0.1) is 0 Å². The minimum atomic E-state index is -0.0567. The minimum Gasteiger partial charge on any atom is -0.349 e. The summed E-state index contributed by atoms with van der Waals surface area (Å²) < 4.78 is 0. The zero-order valence-corrected chi connectivity index (χ0v) is 11.6. The van der Waals surface area contributed by atoms with E-state index < -0.39 is 0 Å². The van der Waals surface area contributed by atoms with Crippen LogP contribution in [0.15, 0.2) is 18.3 Å². The second kappa shape index (κ2) is 5.57. The lowest BCUT2D eigenvalue weighted by Gasteiger charge is -2.35. The third-order valence-corrected chi connectivity index (χ3v) is 3.71. The van der Waals surface area contributed by atoms with Gasteiger partial charge in [0.25, 0.3) is 5.91 Å². The fraction of sp³-hybridized carbons (Fsp3) is 0.571. The van der Waals surface area contributed by atoms with E-state index in [2.05, 4.69) is 29.6 Å². The normalized spacial score (nSPS) is 21.7. The van der Waals surface area contributed by atoms with Crippen LogP contribution in [0.25, 0.3) is 0 Å². The van der Waals surface area contributed by atoms with Crippen molar-refractivity contribution >= 4 is 11.7 Å². The second-order valence-electron chi connectivity index (χ2n) is 6.01. The molecule has 1 aliphatic rings. The van der Waals surface area contributed by atoms with Crippen molar-refractivity contribution in [2.24, 2.45) is 11.3 Å². The summed E-state index contributed by atoms with van der Waals surface area (Å²) in [4.78, 5) is 16.2. The number of amides is 1. The Balaban J connectivity index is 1.96. The smallest absolute Gasteiger partial charge is 0.253 e. The lowest BCUT2D eigenvalue weighted by molar-refractivity contribution is 0.0902. The van der Waals surface area contributed by atoms with Gasteiger partial charge in [0.1, 0.15) is 5.82 Å². The maximum Gasteiger partial charge on any atom is 0.253 e. The predicted octanol–water partition coefficient (Wildman–Crippen LogP) is 2.07. The number of carbonyl (C=O) groups is 1. The van der Waals surface area contributed by atoms with E-state index in [1.165, 1.54) is 12.8 Å². The molecule has 5 heteroatoms. The summed E-state index contributed by atoms with van der Waals surface area (Å²) in [5, 5.41) is 3.10. The molecule has 0 bridgehead atoms. The molecule has 1 heterocycles. The third-order valence-electron chi connectivity index (χ3n) is 3.71. The molecule has 0 aliphatic heterocycles. The molecule has 1 amide bonds. The zero-order chi connectivity index (χ0) is 13.9. The fourth-order valence-electron chi connectivity index (χ4n) is 2.70. The number of hydrogen-bond donors (Lipinski definition) is 3. The number of aromatic nitrogens is 1. The van der Waals surface area contributed by atoms with E-state index in [4.69, 9.17) is 5.84 Å². The van der Waals surface area contributed by atoms with Gasteiger partial charge in [-0.2, -0.15) is 0 Å².